The van der Waals surface area contributed by atoms with Gasteiger partial charge < -0.3 is 44.5 Å². The van der Waals surface area contributed by atoms with E-state index in [1.54, 1.807) is 17.8 Å². The number of esters is 1. The van der Waals surface area contributed by atoms with Crippen LogP contribution in [0.5, 0.6) is 0 Å². The van der Waals surface area contributed by atoms with Crippen LogP contribution in [0.4, 0.5) is 5.69 Å². The number of nitrogens with two attached hydrogens (primary N) is 1. The maximum Gasteiger partial charge on any atom is 0.355 e. The van der Waals surface area contributed by atoms with E-state index in [9.17, 15) is 29.6 Å². The average Bonchev–Trinajstić information content (AvgIpc) is 3.59. The second-order valence-corrected chi connectivity index (χ2v) is 12.6. The van der Waals surface area contributed by atoms with Gasteiger partial charge in [0.2, 0.25) is 15.8 Å². The SMILES string of the molecule is C[C@@H](O)[C@H]1C(=O)N2C(C(=O)OCc3ccc([N+](=O)[O-])cc3)=C(c3cn4c[n+](CC(N)=O)c(SCCCN=[N+]=[N-])c4s3)[C@H](C)[C@H]12.[I-]. The minimum absolute atomic E-state index is 0. The number of rotatable bonds is 13. The summed E-state index contributed by atoms with van der Waals surface area (Å²) in [5.74, 6) is -1.97. The maximum absolute atomic E-state index is 13.6. The number of imidazole rings is 1. The number of fused-ring (bicyclic) bond motifs is 2. The number of carbonyl (C=O) groups is 3. The van der Waals surface area contributed by atoms with Gasteiger partial charge in [0, 0.05) is 40.8 Å². The Balaban J connectivity index is 0.00000461. The molecule has 3 N–H and O–H groups in total. The highest BCUT2D eigenvalue weighted by molar-refractivity contribution is 7.99. The molecule has 5 rings (SSSR count). The molecule has 4 heterocycles. The van der Waals surface area contributed by atoms with Crippen molar-refractivity contribution in [2.24, 2.45) is 22.7 Å². The Labute approximate surface area is 281 Å². The molecular formula is C27H29IN8O7S2. The number of aromatic nitrogens is 2. The van der Waals surface area contributed by atoms with Gasteiger partial charge in [0.15, 0.2) is 6.54 Å². The van der Waals surface area contributed by atoms with Crippen molar-refractivity contribution in [3.63, 3.8) is 0 Å². The molecule has 3 aromatic rings. The smallest absolute Gasteiger partial charge is 0.355 e. The first kappa shape index (κ1) is 34.2. The number of carbonyl (C=O) groups excluding carboxylic acids is 3. The van der Waals surface area contributed by atoms with Crippen LogP contribution in [0, 0.1) is 22.0 Å². The number of hydrogen-bond donors (Lipinski definition) is 2. The highest BCUT2D eigenvalue weighted by Crippen LogP contribution is 2.52. The lowest BCUT2D eigenvalue weighted by Gasteiger charge is -2.46. The second-order valence-electron chi connectivity index (χ2n) is 10.5. The van der Waals surface area contributed by atoms with Crippen LogP contribution < -0.4 is 34.3 Å². The number of azide groups is 1. The molecule has 2 aliphatic rings. The van der Waals surface area contributed by atoms with Crippen LogP contribution in [0.15, 0.2) is 52.6 Å². The summed E-state index contributed by atoms with van der Waals surface area (Å²) in [6, 6.07) is 5.19. The van der Waals surface area contributed by atoms with E-state index in [2.05, 4.69) is 10.0 Å². The van der Waals surface area contributed by atoms with Crippen molar-refractivity contribution >= 4 is 57.0 Å². The predicted molar refractivity (Wildman–Crippen MR) is 159 cm³/mol. The van der Waals surface area contributed by atoms with E-state index < -0.39 is 34.9 Å². The molecule has 1 saturated heterocycles. The maximum atomic E-state index is 13.6. The zero-order chi connectivity index (χ0) is 31.7. The van der Waals surface area contributed by atoms with E-state index in [4.69, 9.17) is 16.0 Å². The minimum atomic E-state index is -0.914. The zero-order valence-corrected chi connectivity index (χ0v) is 27.9. The van der Waals surface area contributed by atoms with Gasteiger partial charge in [-0.1, -0.05) is 35.1 Å². The lowest BCUT2D eigenvalue weighted by Crippen LogP contribution is -3.00. The van der Waals surface area contributed by atoms with Crippen molar-refractivity contribution in [2.45, 2.75) is 50.6 Å². The third-order valence-corrected chi connectivity index (χ3v) is 10.0. The molecule has 0 unspecified atom stereocenters. The van der Waals surface area contributed by atoms with E-state index in [1.807, 2.05) is 17.5 Å². The van der Waals surface area contributed by atoms with Gasteiger partial charge in [0.25, 0.3) is 17.9 Å². The van der Waals surface area contributed by atoms with Crippen LogP contribution in [0.2, 0.25) is 0 Å². The number of thiazole rings is 1. The number of benzene rings is 1. The van der Waals surface area contributed by atoms with Crippen LogP contribution in [0.1, 0.15) is 30.7 Å². The third kappa shape index (κ3) is 6.64. The first-order chi connectivity index (χ1) is 21.0. The van der Waals surface area contributed by atoms with Crippen molar-refractivity contribution in [2.75, 3.05) is 12.3 Å². The monoisotopic (exact) mass is 768 g/mol. The molecule has 0 spiro atoms. The van der Waals surface area contributed by atoms with E-state index >= 15 is 0 Å². The number of thioether (sulfide) groups is 1. The van der Waals surface area contributed by atoms with Gasteiger partial charge >= 0.3 is 5.97 Å². The first-order valence-electron chi connectivity index (χ1n) is 13.7. The van der Waals surface area contributed by atoms with Gasteiger partial charge in [-0.2, -0.15) is 4.40 Å². The Kier molecular flexibility index (Phi) is 10.7. The van der Waals surface area contributed by atoms with Crippen molar-refractivity contribution < 1.29 is 57.7 Å². The molecule has 1 aromatic carbocycles. The predicted octanol–water partition coefficient (Wildman–Crippen LogP) is -0.210. The fraction of sp³-hybridized carbons (Fsp3) is 0.407. The van der Waals surface area contributed by atoms with Gasteiger partial charge in [-0.05, 0) is 36.6 Å². The summed E-state index contributed by atoms with van der Waals surface area (Å²) in [6.07, 6.45) is 3.27. The number of non-ortho nitro benzene ring substituents is 1. The molecule has 4 atom stereocenters. The van der Waals surface area contributed by atoms with Crippen LogP contribution in [-0.2, 0) is 32.3 Å². The number of amides is 2. The molecule has 2 aliphatic heterocycles. The number of hydrogen-bond acceptors (Lipinski definition) is 10. The highest BCUT2D eigenvalue weighted by atomic mass is 127. The summed E-state index contributed by atoms with van der Waals surface area (Å²) >= 11 is 2.86. The lowest BCUT2D eigenvalue weighted by atomic mass is 9.77. The Morgan fingerprint density at radius 1 is 1.36 bits per heavy atom. The summed E-state index contributed by atoms with van der Waals surface area (Å²) in [4.78, 5) is 54.7. The van der Waals surface area contributed by atoms with Crippen molar-refractivity contribution in [1.29, 1.82) is 0 Å². The summed E-state index contributed by atoms with van der Waals surface area (Å²) < 4.78 is 9.19. The van der Waals surface area contributed by atoms with Gasteiger partial charge in [-0.3, -0.25) is 19.7 Å². The average molecular weight is 769 g/mol. The van der Waals surface area contributed by atoms with Crippen molar-refractivity contribution in [3.05, 3.63) is 73.5 Å². The topological polar surface area (TPSA) is 210 Å². The molecule has 18 heteroatoms. The number of nitrogens with zero attached hydrogens (tertiary/aromatic N) is 7. The van der Waals surface area contributed by atoms with Crippen LogP contribution >= 0.6 is 23.1 Å². The first-order valence-corrected chi connectivity index (χ1v) is 15.5. The largest absolute Gasteiger partial charge is 1.00 e. The van der Waals surface area contributed by atoms with Crippen molar-refractivity contribution in [1.82, 2.24) is 9.30 Å². The molecular weight excluding hydrogens is 739 g/mol. The molecule has 0 aliphatic carbocycles. The number of ether oxygens (including phenoxy) is 1. The normalized spacial score (nSPS) is 19.4. The Morgan fingerprint density at radius 2 is 2.07 bits per heavy atom. The fourth-order valence-corrected chi connectivity index (χ4v) is 8.10. The summed E-state index contributed by atoms with van der Waals surface area (Å²) in [5.41, 5.74) is 15.2. The summed E-state index contributed by atoms with van der Waals surface area (Å²) in [6.45, 7) is 3.58. The summed E-state index contributed by atoms with van der Waals surface area (Å²) in [7, 11) is 0. The second kappa shape index (κ2) is 14.2. The number of nitro groups is 1. The zero-order valence-electron chi connectivity index (χ0n) is 24.1. The molecule has 0 radical (unpaired) electrons. The quantitative estimate of drug-likeness (QED) is 0.0203. The highest BCUT2D eigenvalue weighted by Gasteiger charge is 2.60. The molecule has 0 bridgehead atoms. The number of aliphatic hydroxyl groups is 1. The fourth-order valence-electron chi connectivity index (χ4n) is 5.65. The molecule has 45 heavy (non-hydrogen) atoms. The molecule has 0 saturated carbocycles. The minimum Gasteiger partial charge on any atom is -1.00 e. The molecule has 15 nitrogen and oxygen atoms in total. The van der Waals surface area contributed by atoms with Crippen LogP contribution in [0.25, 0.3) is 20.8 Å². The number of primary amides is 1. The molecule has 2 amide bonds. The van der Waals surface area contributed by atoms with Gasteiger partial charge in [-0.25, -0.2) is 9.36 Å². The van der Waals surface area contributed by atoms with Gasteiger partial charge in [-0.15, -0.1) is 0 Å². The van der Waals surface area contributed by atoms with E-state index in [0.717, 1.165) is 9.86 Å². The van der Waals surface area contributed by atoms with Gasteiger partial charge in [0.1, 0.15) is 18.5 Å². The third-order valence-electron chi connectivity index (χ3n) is 7.58. The molecule has 2 aromatic heterocycles. The standard InChI is InChI=1S/C27H28N8O7S2.HI/c1-14-20(18-10-32-13-33(11-19(28)37)25(26(32)44-18)43-9-3-8-30-31-29)23(34-22(14)21(15(2)36)24(34)38)27(39)42-12-16-4-6-17(7-5-16)35(40)41;/h4-7,10,13-15,21-22,36H,3,8-9,11-12H2,1-2H3,(H-,28,37);1H/t14-,15+,21+,22+;/m0./s1. The molecule has 1 fully saturated rings. The summed E-state index contributed by atoms with van der Waals surface area (Å²) in [5, 5.41) is 25.7. The number of nitro benzene ring substituents is 1. The van der Waals surface area contributed by atoms with Crippen LogP contribution in [0.3, 0.4) is 0 Å². The van der Waals surface area contributed by atoms with E-state index in [1.165, 1.54) is 52.3 Å². The van der Waals surface area contributed by atoms with E-state index in [-0.39, 0.29) is 60.3 Å². The van der Waals surface area contributed by atoms with Crippen LogP contribution in [-0.4, -0.2) is 61.6 Å². The van der Waals surface area contributed by atoms with Gasteiger partial charge in [0.05, 0.1) is 27.9 Å². The number of β-lactam (4-membered cyclic amide) rings is 1. The Hall–Kier alpha value is -3.71. The number of halogens is 1. The number of aliphatic hydroxyl groups excluding tert-OH is 1. The Bertz CT molecular complexity index is 1730. The van der Waals surface area contributed by atoms with Crippen molar-refractivity contribution in [3.8, 4) is 0 Å². The lowest BCUT2D eigenvalue weighted by molar-refractivity contribution is -0.717. The van der Waals surface area contributed by atoms with E-state index in [0.29, 0.717) is 34.7 Å². The molecule has 238 valence electrons. The Morgan fingerprint density at radius 3 is 2.69 bits per heavy atom.